The molecule has 2 aromatic carbocycles. The molecule has 6 heteroatoms. The van der Waals surface area contributed by atoms with Gasteiger partial charge in [0.15, 0.2) is 0 Å². The van der Waals surface area contributed by atoms with Crippen molar-refractivity contribution >= 4 is 23.1 Å². The molecule has 168 valence electrons. The van der Waals surface area contributed by atoms with E-state index in [1.165, 1.54) is 16.2 Å². The quantitative estimate of drug-likeness (QED) is 0.650. The number of hydrogen-bond acceptors (Lipinski definition) is 5. The maximum atomic E-state index is 13.2. The summed E-state index contributed by atoms with van der Waals surface area (Å²) in [6.45, 7) is 11.2. The Hall–Kier alpha value is -3.28. The summed E-state index contributed by atoms with van der Waals surface area (Å²) in [6.07, 6.45) is 0.0746. The van der Waals surface area contributed by atoms with E-state index in [-0.39, 0.29) is 17.9 Å². The number of carbonyl (C=O) groups is 2. The van der Waals surface area contributed by atoms with Crippen LogP contribution in [0.5, 0.6) is 5.75 Å². The van der Waals surface area contributed by atoms with Gasteiger partial charge >= 0.3 is 0 Å². The van der Waals surface area contributed by atoms with Crippen LogP contribution in [-0.4, -0.2) is 60.4 Å². The van der Waals surface area contributed by atoms with E-state index in [4.69, 9.17) is 4.74 Å². The standard InChI is InChI=1S/C26H31N3O3/c1-5-29-25(30)23(20-9-11-22(12-10-20)32-18(2)3)24(26(29)31)28-15-13-27(14-16-28)21-8-6-7-19(4)17-21/h6-12,17-18H,5,13-16H2,1-4H3. The predicted octanol–water partition coefficient (Wildman–Crippen LogP) is 3.70. The maximum Gasteiger partial charge on any atom is 0.277 e. The summed E-state index contributed by atoms with van der Waals surface area (Å²) in [5.41, 5.74) is 4.21. The number of likely N-dealkylation sites (N-methyl/N-ethyl adjacent to an activating group) is 1. The third-order valence-corrected chi connectivity index (χ3v) is 5.94. The lowest BCUT2D eigenvalue weighted by atomic mass is 10.0. The van der Waals surface area contributed by atoms with Crippen LogP contribution in [-0.2, 0) is 9.59 Å². The van der Waals surface area contributed by atoms with E-state index in [1.807, 2.05) is 45.0 Å². The summed E-state index contributed by atoms with van der Waals surface area (Å²) < 4.78 is 5.73. The molecular formula is C26H31N3O3. The molecule has 2 heterocycles. The van der Waals surface area contributed by atoms with Gasteiger partial charge in [-0.25, -0.2) is 0 Å². The average Bonchev–Trinajstić information content (AvgIpc) is 3.03. The molecular weight excluding hydrogens is 402 g/mol. The first-order valence-electron chi connectivity index (χ1n) is 11.3. The van der Waals surface area contributed by atoms with Crippen molar-refractivity contribution in [1.82, 2.24) is 9.80 Å². The molecule has 0 bridgehead atoms. The van der Waals surface area contributed by atoms with Gasteiger partial charge in [0.05, 0.1) is 11.7 Å². The Morgan fingerprint density at radius 1 is 0.906 bits per heavy atom. The topological polar surface area (TPSA) is 53.1 Å². The van der Waals surface area contributed by atoms with E-state index < -0.39 is 0 Å². The monoisotopic (exact) mass is 433 g/mol. The summed E-state index contributed by atoms with van der Waals surface area (Å²) in [4.78, 5) is 32.1. The lowest BCUT2D eigenvalue weighted by Gasteiger charge is -2.37. The van der Waals surface area contributed by atoms with Gasteiger partial charge in [0.25, 0.3) is 11.8 Å². The Labute approximate surface area is 190 Å². The fourth-order valence-corrected chi connectivity index (χ4v) is 4.39. The Kier molecular flexibility index (Phi) is 6.21. The van der Waals surface area contributed by atoms with Crippen LogP contribution in [0, 0.1) is 6.92 Å². The lowest BCUT2D eigenvalue weighted by molar-refractivity contribution is -0.137. The number of imide groups is 1. The molecule has 0 spiro atoms. The molecule has 2 aliphatic heterocycles. The molecule has 32 heavy (non-hydrogen) atoms. The highest BCUT2D eigenvalue weighted by atomic mass is 16.5. The van der Waals surface area contributed by atoms with Crippen LogP contribution in [0.4, 0.5) is 5.69 Å². The number of aryl methyl sites for hydroxylation is 1. The van der Waals surface area contributed by atoms with E-state index in [2.05, 4.69) is 41.0 Å². The van der Waals surface area contributed by atoms with Gasteiger partial charge in [-0.15, -0.1) is 0 Å². The van der Waals surface area contributed by atoms with Crippen molar-refractivity contribution in [3.63, 3.8) is 0 Å². The average molecular weight is 434 g/mol. The second kappa shape index (κ2) is 9.07. The molecule has 0 N–H and O–H groups in total. The number of hydrogen-bond donors (Lipinski definition) is 0. The largest absolute Gasteiger partial charge is 0.491 e. The zero-order chi connectivity index (χ0) is 22.8. The minimum atomic E-state index is -0.217. The zero-order valence-corrected chi connectivity index (χ0v) is 19.3. The number of carbonyl (C=O) groups excluding carboxylic acids is 2. The van der Waals surface area contributed by atoms with Crippen LogP contribution in [0.15, 0.2) is 54.2 Å². The van der Waals surface area contributed by atoms with Crippen LogP contribution in [0.25, 0.3) is 5.57 Å². The highest BCUT2D eigenvalue weighted by molar-refractivity contribution is 6.35. The van der Waals surface area contributed by atoms with E-state index >= 15 is 0 Å². The SMILES string of the molecule is CCN1C(=O)C(c2ccc(OC(C)C)cc2)=C(N2CCN(c3cccc(C)c3)CC2)C1=O. The van der Waals surface area contributed by atoms with Gasteiger partial charge in [-0.2, -0.15) is 0 Å². The van der Waals surface area contributed by atoms with Gasteiger partial charge in [0.1, 0.15) is 11.4 Å². The molecule has 0 aliphatic carbocycles. The highest BCUT2D eigenvalue weighted by Gasteiger charge is 2.41. The van der Waals surface area contributed by atoms with Crippen LogP contribution in [0.1, 0.15) is 31.9 Å². The van der Waals surface area contributed by atoms with Crippen molar-refractivity contribution in [1.29, 1.82) is 0 Å². The minimum Gasteiger partial charge on any atom is -0.491 e. The van der Waals surface area contributed by atoms with E-state index in [0.717, 1.165) is 24.4 Å². The normalized spacial score (nSPS) is 17.1. The number of amides is 2. The van der Waals surface area contributed by atoms with Gasteiger partial charge in [-0.05, 0) is 63.1 Å². The van der Waals surface area contributed by atoms with Gasteiger partial charge in [-0.3, -0.25) is 14.5 Å². The molecule has 0 unspecified atom stereocenters. The molecule has 2 aliphatic rings. The molecule has 1 saturated heterocycles. The number of piperazine rings is 1. The van der Waals surface area contributed by atoms with Crippen molar-refractivity contribution < 1.29 is 14.3 Å². The molecule has 6 nitrogen and oxygen atoms in total. The second-order valence-corrected chi connectivity index (χ2v) is 8.58. The maximum absolute atomic E-state index is 13.2. The summed E-state index contributed by atoms with van der Waals surface area (Å²) in [5.74, 6) is 0.340. The molecule has 2 amide bonds. The van der Waals surface area contributed by atoms with Crippen LogP contribution >= 0.6 is 0 Å². The molecule has 0 aromatic heterocycles. The number of benzene rings is 2. The molecule has 4 rings (SSSR count). The van der Waals surface area contributed by atoms with Crippen molar-refractivity contribution in [2.45, 2.75) is 33.8 Å². The first-order chi connectivity index (χ1) is 15.4. The van der Waals surface area contributed by atoms with E-state index in [1.54, 1.807) is 0 Å². The third-order valence-electron chi connectivity index (χ3n) is 5.94. The smallest absolute Gasteiger partial charge is 0.277 e. The molecule has 2 aromatic rings. The molecule has 0 radical (unpaired) electrons. The summed E-state index contributed by atoms with van der Waals surface area (Å²) >= 11 is 0. The first kappa shape index (κ1) is 21.9. The second-order valence-electron chi connectivity index (χ2n) is 8.58. The highest BCUT2D eigenvalue weighted by Crippen LogP contribution is 2.33. The number of ether oxygens (including phenoxy) is 1. The Morgan fingerprint density at radius 3 is 2.16 bits per heavy atom. The zero-order valence-electron chi connectivity index (χ0n) is 19.3. The van der Waals surface area contributed by atoms with Gasteiger partial charge in [0.2, 0.25) is 0 Å². The fourth-order valence-electron chi connectivity index (χ4n) is 4.39. The van der Waals surface area contributed by atoms with Crippen molar-refractivity contribution in [3.8, 4) is 5.75 Å². The van der Waals surface area contributed by atoms with Gasteiger partial charge in [-0.1, -0.05) is 24.3 Å². The molecule has 0 atom stereocenters. The summed E-state index contributed by atoms with van der Waals surface area (Å²) in [7, 11) is 0. The first-order valence-corrected chi connectivity index (χ1v) is 11.3. The van der Waals surface area contributed by atoms with Crippen LogP contribution in [0.2, 0.25) is 0 Å². The van der Waals surface area contributed by atoms with E-state index in [0.29, 0.717) is 30.9 Å². The number of nitrogens with zero attached hydrogens (tertiary/aromatic N) is 3. The number of rotatable bonds is 6. The third kappa shape index (κ3) is 4.22. The summed E-state index contributed by atoms with van der Waals surface area (Å²) in [5, 5.41) is 0. The predicted molar refractivity (Wildman–Crippen MR) is 126 cm³/mol. The molecule has 0 saturated carbocycles. The van der Waals surface area contributed by atoms with Crippen molar-refractivity contribution in [3.05, 3.63) is 65.4 Å². The van der Waals surface area contributed by atoms with Crippen LogP contribution in [0.3, 0.4) is 0 Å². The minimum absolute atomic E-state index is 0.0746. The van der Waals surface area contributed by atoms with E-state index in [9.17, 15) is 9.59 Å². The molecule has 1 fully saturated rings. The lowest BCUT2D eigenvalue weighted by Crippen LogP contribution is -2.47. The van der Waals surface area contributed by atoms with Crippen molar-refractivity contribution in [2.24, 2.45) is 0 Å². The fraction of sp³-hybridized carbons (Fsp3) is 0.385. The van der Waals surface area contributed by atoms with Gasteiger partial charge in [0, 0.05) is 38.4 Å². The number of anilines is 1. The van der Waals surface area contributed by atoms with Crippen LogP contribution < -0.4 is 9.64 Å². The van der Waals surface area contributed by atoms with Gasteiger partial charge < -0.3 is 14.5 Å². The summed E-state index contributed by atoms with van der Waals surface area (Å²) in [6, 6.07) is 15.9. The Bertz CT molecular complexity index is 1030. The van der Waals surface area contributed by atoms with Crippen molar-refractivity contribution in [2.75, 3.05) is 37.6 Å². The Balaban J connectivity index is 1.61. The Morgan fingerprint density at radius 2 is 1.56 bits per heavy atom.